The fraction of sp³-hybridized carbons (Fsp3) is 0.737. The van der Waals surface area contributed by atoms with Crippen LogP contribution in [0.2, 0.25) is 18.6 Å². The zero-order chi connectivity index (χ0) is 19.0. The molecule has 0 aromatic heterocycles. The molecule has 26 heavy (non-hydrogen) atoms. The molecule has 0 spiro atoms. The minimum absolute atomic E-state index is 0. The van der Waals surface area contributed by atoms with Gasteiger partial charge in [0.05, 0.1) is 0 Å². The topological polar surface area (TPSA) is 32.6 Å². The molecule has 5 unspecified atom stereocenters. The fourth-order valence-electron chi connectivity index (χ4n) is 5.06. The Kier molecular flexibility index (Phi) is 8.86. The van der Waals surface area contributed by atoms with Crippen molar-refractivity contribution >= 4 is 26.8 Å². The molecule has 3 nitrogen and oxygen atoms in total. The number of hydrogen-bond acceptors (Lipinski definition) is 2. The molecule has 1 aliphatic heterocycles. The molecule has 0 bridgehead atoms. The maximum absolute atomic E-state index is 5.65. The van der Waals surface area contributed by atoms with Gasteiger partial charge in [0.1, 0.15) is 0 Å². The molecule has 2 fully saturated rings. The molecule has 1 heterocycles. The summed E-state index contributed by atoms with van der Waals surface area (Å²) in [5, 5.41) is 0. The third-order valence-corrected chi connectivity index (χ3v) is 9.45. The van der Waals surface area contributed by atoms with Gasteiger partial charge < -0.3 is 21.9 Å². The van der Waals surface area contributed by atoms with Crippen LogP contribution in [0.3, 0.4) is 0 Å². The zero-order valence-corrected chi connectivity index (χ0v) is 21.3. The second-order valence-electron chi connectivity index (χ2n) is 8.87. The molecule has 150 valence electrons. The van der Waals surface area contributed by atoms with E-state index in [-0.39, 0.29) is 13.0 Å². The van der Waals surface area contributed by atoms with Crippen molar-refractivity contribution in [3.63, 3.8) is 0 Å². The quantitative estimate of drug-likeness (QED) is 0.337. The average molecular weight is 454 g/mol. The number of fused-ring (bicyclic) bond motifs is 2. The van der Waals surface area contributed by atoms with Crippen molar-refractivity contribution in [3.05, 3.63) is 36.1 Å². The monoisotopic (exact) mass is 453 g/mol. The minimum atomic E-state index is -1.71. The van der Waals surface area contributed by atoms with Crippen LogP contribution in [0.5, 0.6) is 0 Å². The summed E-state index contributed by atoms with van der Waals surface area (Å²) in [4.78, 5) is 5.30. The summed E-state index contributed by atoms with van der Waals surface area (Å²) in [6.45, 7) is 16.8. The molecular weight excluding hydrogens is 421 g/mol. The van der Waals surface area contributed by atoms with Gasteiger partial charge in [0.15, 0.2) is 11.5 Å². The summed E-state index contributed by atoms with van der Waals surface area (Å²) in [6, 6.07) is 0. The van der Waals surface area contributed by atoms with E-state index in [1.165, 1.54) is 0 Å². The van der Waals surface area contributed by atoms with Crippen LogP contribution in [-0.2, 0) is 26.5 Å². The Hall–Kier alpha value is 0.551. The SMILES string of the molecule is CC1C(C)C([Si](C)(C)[N-]C(C)(C)C)C2C=C3OCOC3=CC12.[CH3-].[Cl][Ti][Cl]. The van der Waals surface area contributed by atoms with Crippen LogP contribution in [0.4, 0.5) is 0 Å². The second-order valence-corrected chi connectivity index (χ2v) is 15.7. The number of halogens is 2. The van der Waals surface area contributed by atoms with Crippen molar-refractivity contribution in [1.82, 2.24) is 0 Å². The van der Waals surface area contributed by atoms with Crippen LogP contribution >= 0.6 is 18.6 Å². The number of rotatable bonds is 2. The first-order chi connectivity index (χ1) is 11.5. The molecule has 3 aliphatic rings. The number of allylic oxidation sites excluding steroid dienone is 2. The molecule has 1 saturated heterocycles. The first-order valence-corrected chi connectivity index (χ1v) is 16.2. The number of hydrogen-bond donors (Lipinski definition) is 0. The molecule has 0 amide bonds. The van der Waals surface area contributed by atoms with E-state index in [9.17, 15) is 0 Å². The predicted molar refractivity (Wildman–Crippen MR) is 111 cm³/mol. The van der Waals surface area contributed by atoms with E-state index in [0.29, 0.717) is 36.0 Å². The first-order valence-electron chi connectivity index (χ1n) is 8.91. The van der Waals surface area contributed by atoms with E-state index in [2.05, 4.69) is 59.9 Å². The Labute approximate surface area is 178 Å². The van der Waals surface area contributed by atoms with Crippen molar-refractivity contribution < 1.29 is 26.5 Å². The number of nitrogens with zero attached hydrogens (tertiary/aromatic N) is 1. The Morgan fingerprint density at radius 1 is 1.04 bits per heavy atom. The van der Waals surface area contributed by atoms with Crippen molar-refractivity contribution in [2.45, 2.75) is 58.8 Å². The third-order valence-electron chi connectivity index (χ3n) is 5.66. The summed E-state index contributed by atoms with van der Waals surface area (Å²) < 4.78 is 11.3. The van der Waals surface area contributed by atoms with Crippen LogP contribution in [0.25, 0.3) is 4.98 Å². The Balaban J connectivity index is 0.000000791. The van der Waals surface area contributed by atoms with Crippen LogP contribution in [0.15, 0.2) is 23.7 Å². The second kappa shape index (κ2) is 9.37. The van der Waals surface area contributed by atoms with Gasteiger partial charge >= 0.3 is 35.6 Å². The van der Waals surface area contributed by atoms with Crippen molar-refractivity contribution in [2.75, 3.05) is 6.79 Å². The van der Waals surface area contributed by atoms with E-state index in [0.717, 1.165) is 11.5 Å². The van der Waals surface area contributed by atoms with Gasteiger partial charge in [-0.25, -0.2) is 0 Å². The van der Waals surface area contributed by atoms with Gasteiger partial charge in [-0.2, -0.15) is 0 Å². The average Bonchev–Trinajstić information content (AvgIpc) is 2.99. The molecule has 0 aromatic carbocycles. The predicted octanol–water partition coefficient (Wildman–Crippen LogP) is 6.86. The molecule has 0 radical (unpaired) electrons. The Morgan fingerprint density at radius 3 is 1.96 bits per heavy atom. The van der Waals surface area contributed by atoms with E-state index >= 15 is 0 Å². The first kappa shape index (κ1) is 24.6. The molecule has 0 N–H and O–H groups in total. The summed E-state index contributed by atoms with van der Waals surface area (Å²) in [6.07, 6.45) is 4.68. The van der Waals surface area contributed by atoms with Crippen LogP contribution < -0.4 is 0 Å². The van der Waals surface area contributed by atoms with E-state index in [4.69, 9.17) is 33.1 Å². The molecular formula is C19H33Cl2NO2SiTi-2. The van der Waals surface area contributed by atoms with Gasteiger partial charge in [-0.1, -0.05) is 61.5 Å². The van der Waals surface area contributed by atoms with Gasteiger partial charge in [0.25, 0.3) is 0 Å². The summed E-state index contributed by atoms with van der Waals surface area (Å²) in [5.41, 5.74) is 0.716. The van der Waals surface area contributed by atoms with Gasteiger partial charge in [-0.05, 0) is 35.8 Å². The van der Waals surface area contributed by atoms with Crippen LogP contribution in [0, 0.1) is 31.1 Å². The standard InChI is InChI=1S/C18H30NO2Si.CH3.2ClH.Ti/c1-11-12(2)17(22(6,7)19-18(3,4)5)14-9-16-15(8-13(11)14)20-10-21-16;;;;/h8-9,11-14,17H,10H2,1-7H3;1H3;2*1H;/q2*-1;;;+2/p-2. The van der Waals surface area contributed by atoms with Crippen molar-refractivity contribution in [2.24, 2.45) is 23.7 Å². The zero-order valence-electron chi connectivity index (χ0n) is 17.3. The summed E-state index contributed by atoms with van der Waals surface area (Å²) in [7, 11) is 8.07. The van der Waals surface area contributed by atoms with Gasteiger partial charge in [-0.15, -0.1) is 5.54 Å². The van der Waals surface area contributed by atoms with Crippen molar-refractivity contribution in [1.29, 1.82) is 0 Å². The van der Waals surface area contributed by atoms with E-state index in [1.54, 1.807) is 0 Å². The van der Waals surface area contributed by atoms with Gasteiger partial charge in [0, 0.05) is 0 Å². The summed E-state index contributed by atoms with van der Waals surface area (Å²) >= 11 is -0.556. The fourth-order valence-corrected chi connectivity index (χ4v) is 9.79. The van der Waals surface area contributed by atoms with Crippen LogP contribution in [-0.4, -0.2) is 20.6 Å². The molecule has 3 rings (SSSR count). The van der Waals surface area contributed by atoms with Crippen LogP contribution in [0.1, 0.15) is 34.6 Å². The molecule has 5 atom stereocenters. The molecule has 0 aromatic rings. The number of ether oxygens (including phenoxy) is 2. The normalized spacial score (nSPS) is 32.4. The molecule has 7 heteroatoms. The molecule has 1 saturated carbocycles. The Bertz CT molecular complexity index is 548. The molecule has 2 aliphatic carbocycles. The maximum atomic E-state index is 5.65. The van der Waals surface area contributed by atoms with Gasteiger partial charge in [-0.3, -0.25) is 0 Å². The Morgan fingerprint density at radius 2 is 1.50 bits per heavy atom. The van der Waals surface area contributed by atoms with Crippen molar-refractivity contribution in [3.8, 4) is 0 Å². The van der Waals surface area contributed by atoms with E-state index in [1.807, 2.05) is 0 Å². The van der Waals surface area contributed by atoms with Gasteiger partial charge in [0.2, 0.25) is 6.79 Å². The van der Waals surface area contributed by atoms with E-state index < -0.39 is 25.3 Å². The third kappa shape index (κ3) is 5.33. The summed E-state index contributed by atoms with van der Waals surface area (Å²) in [5.74, 6) is 4.42.